The first kappa shape index (κ1) is 14.8. The Labute approximate surface area is 150 Å². The molecule has 5 rings (SSSR count). The molecule has 0 amide bonds. The molecule has 0 spiro atoms. The molecule has 26 heavy (non-hydrogen) atoms. The molecule has 1 N–H and O–H groups in total. The summed E-state index contributed by atoms with van der Waals surface area (Å²) in [5.74, 6) is 0.733. The number of hydrogen-bond acceptors (Lipinski definition) is 3. The summed E-state index contributed by atoms with van der Waals surface area (Å²) in [4.78, 5) is 3.37. The summed E-state index contributed by atoms with van der Waals surface area (Å²) in [6, 6.07) is 18.9. The molecule has 5 heteroatoms. The van der Waals surface area contributed by atoms with E-state index in [0.717, 1.165) is 33.4 Å². The minimum atomic E-state index is 0.733. The molecule has 126 valence electrons. The van der Waals surface area contributed by atoms with Crippen molar-refractivity contribution in [1.82, 2.24) is 25.2 Å². The van der Waals surface area contributed by atoms with Crippen LogP contribution in [0, 0.1) is 13.8 Å². The maximum atomic E-state index is 4.31. The lowest BCUT2D eigenvalue weighted by atomic mass is 10.1. The summed E-state index contributed by atoms with van der Waals surface area (Å²) in [6.07, 6.45) is 1.99. The van der Waals surface area contributed by atoms with Gasteiger partial charge >= 0.3 is 0 Å². The number of hydrogen-bond donors (Lipinski definition) is 1. The molecule has 0 fully saturated rings. The minimum absolute atomic E-state index is 0.733. The van der Waals surface area contributed by atoms with Crippen LogP contribution in [0.5, 0.6) is 0 Å². The Balaban J connectivity index is 1.72. The van der Waals surface area contributed by atoms with Crippen LogP contribution in [0.15, 0.2) is 60.8 Å². The van der Waals surface area contributed by atoms with Crippen LogP contribution in [0.4, 0.5) is 0 Å². The van der Waals surface area contributed by atoms with Gasteiger partial charge in [-0.1, -0.05) is 42.0 Å². The number of aromatic amines is 1. The number of nitrogens with one attached hydrogen (secondary N) is 1. The number of rotatable bonds is 2. The monoisotopic (exact) mass is 339 g/mol. The standard InChI is InChI=1S/C21H17N5/c1-13-9-14(2)20-18(10-13)19(12-22-20)21-23-24-25-26(21)17-8-7-15-5-3-4-6-16(15)11-17/h3-12,22H,1-2H3. The summed E-state index contributed by atoms with van der Waals surface area (Å²) in [5.41, 5.74) is 5.52. The van der Waals surface area contributed by atoms with Crippen molar-refractivity contribution in [2.75, 3.05) is 0 Å². The lowest BCUT2D eigenvalue weighted by molar-refractivity contribution is 0.792. The van der Waals surface area contributed by atoms with Gasteiger partial charge in [0.1, 0.15) is 0 Å². The number of H-pyrrole nitrogens is 1. The zero-order valence-electron chi connectivity index (χ0n) is 14.6. The fourth-order valence-corrected chi connectivity index (χ4v) is 3.62. The van der Waals surface area contributed by atoms with Crippen molar-refractivity contribution in [2.45, 2.75) is 13.8 Å². The lowest BCUT2D eigenvalue weighted by Gasteiger charge is -2.06. The molecule has 0 aliphatic heterocycles. The SMILES string of the molecule is Cc1cc(C)c2[nH]cc(-c3nnnn3-c3ccc4ccccc4c3)c2c1. The van der Waals surface area contributed by atoms with E-state index in [1.54, 1.807) is 4.68 Å². The van der Waals surface area contributed by atoms with Gasteiger partial charge in [0.15, 0.2) is 5.82 Å². The maximum Gasteiger partial charge on any atom is 0.189 e. The Morgan fingerprint density at radius 2 is 1.77 bits per heavy atom. The van der Waals surface area contributed by atoms with E-state index in [2.05, 4.69) is 70.8 Å². The smallest absolute Gasteiger partial charge is 0.189 e. The summed E-state index contributed by atoms with van der Waals surface area (Å²) in [6.45, 7) is 4.22. The van der Waals surface area contributed by atoms with Crippen LogP contribution in [0.3, 0.4) is 0 Å². The lowest BCUT2D eigenvalue weighted by Crippen LogP contribution is -1.99. The van der Waals surface area contributed by atoms with Crippen LogP contribution in [0.1, 0.15) is 11.1 Å². The highest BCUT2D eigenvalue weighted by Gasteiger charge is 2.16. The summed E-state index contributed by atoms with van der Waals surface area (Å²) in [7, 11) is 0. The molecule has 2 heterocycles. The highest BCUT2D eigenvalue weighted by molar-refractivity contribution is 5.96. The molecular weight excluding hydrogens is 322 g/mol. The van der Waals surface area contributed by atoms with Crippen molar-refractivity contribution >= 4 is 21.7 Å². The molecule has 5 aromatic rings. The molecule has 2 aromatic heterocycles. The van der Waals surface area contributed by atoms with Crippen LogP contribution in [-0.4, -0.2) is 25.2 Å². The Morgan fingerprint density at radius 1 is 0.923 bits per heavy atom. The predicted molar refractivity (Wildman–Crippen MR) is 103 cm³/mol. The van der Waals surface area contributed by atoms with Crippen LogP contribution in [0.2, 0.25) is 0 Å². The number of nitrogens with zero attached hydrogens (tertiary/aromatic N) is 4. The van der Waals surface area contributed by atoms with Crippen molar-refractivity contribution < 1.29 is 0 Å². The average molecular weight is 339 g/mol. The number of fused-ring (bicyclic) bond motifs is 2. The predicted octanol–water partition coefficient (Wildman–Crippen LogP) is 4.58. The van der Waals surface area contributed by atoms with Gasteiger partial charge in [-0.05, 0) is 58.8 Å². The van der Waals surface area contributed by atoms with Gasteiger partial charge in [0.25, 0.3) is 0 Å². The molecule has 3 aromatic carbocycles. The second-order valence-electron chi connectivity index (χ2n) is 6.65. The first-order chi connectivity index (χ1) is 12.7. The second-order valence-corrected chi connectivity index (χ2v) is 6.65. The van der Waals surface area contributed by atoms with Crippen molar-refractivity contribution in [3.8, 4) is 17.1 Å². The van der Waals surface area contributed by atoms with E-state index in [-0.39, 0.29) is 0 Å². The van der Waals surface area contributed by atoms with Crippen molar-refractivity contribution in [1.29, 1.82) is 0 Å². The molecule has 0 unspecified atom stereocenters. The van der Waals surface area contributed by atoms with E-state index < -0.39 is 0 Å². The third-order valence-corrected chi connectivity index (χ3v) is 4.82. The number of aryl methyl sites for hydroxylation is 2. The topological polar surface area (TPSA) is 59.4 Å². The fourth-order valence-electron chi connectivity index (χ4n) is 3.62. The van der Waals surface area contributed by atoms with Crippen LogP contribution in [0.25, 0.3) is 38.8 Å². The molecule has 0 saturated carbocycles. The van der Waals surface area contributed by atoms with Gasteiger partial charge < -0.3 is 4.98 Å². The van der Waals surface area contributed by atoms with Gasteiger partial charge in [0, 0.05) is 22.7 Å². The second kappa shape index (κ2) is 5.52. The molecule has 0 aliphatic rings. The highest BCUT2D eigenvalue weighted by atomic mass is 15.5. The Morgan fingerprint density at radius 3 is 2.65 bits per heavy atom. The van der Waals surface area contributed by atoms with Crippen LogP contribution in [-0.2, 0) is 0 Å². The molecule has 0 saturated heterocycles. The number of aromatic nitrogens is 5. The first-order valence-corrected chi connectivity index (χ1v) is 8.57. The Kier molecular flexibility index (Phi) is 3.15. The summed E-state index contributed by atoms with van der Waals surface area (Å²) >= 11 is 0. The molecule has 5 nitrogen and oxygen atoms in total. The van der Waals surface area contributed by atoms with E-state index in [9.17, 15) is 0 Å². The third-order valence-electron chi connectivity index (χ3n) is 4.82. The van der Waals surface area contributed by atoms with Gasteiger partial charge in [-0.2, -0.15) is 4.68 Å². The maximum absolute atomic E-state index is 4.31. The van der Waals surface area contributed by atoms with Crippen LogP contribution < -0.4 is 0 Å². The molecule has 0 atom stereocenters. The van der Waals surface area contributed by atoms with Gasteiger partial charge in [-0.15, -0.1) is 5.10 Å². The highest BCUT2D eigenvalue weighted by Crippen LogP contribution is 2.31. The molecular formula is C21H17N5. The number of tetrazole rings is 1. The van der Waals surface area contributed by atoms with Crippen molar-refractivity contribution in [2.24, 2.45) is 0 Å². The molecule has 0 radical (unpaired) electrons. The van der Waals surface area contributed by atoms with Gasteiger partial charge in [0.05, 0.1) is 5.69 Å². The third kappa shape index (κ3) is 2.21. The quantitative estimate of drug-likeness (QED) is 0.512. The Hall–Kier alpha value is -3.47. The van der Waals surface area contributed by atoms with E-state index in [4.69, 9.17) is 0 Å². The van der Waals surface area contributed by atoms with E-state index in [0.29, 0.717) is 0 Å². The summed E-state index contributed by atoms with van der Waals surface area (Å²) in [5, 5.41) is 16.0. The zero-order valence-corrected chi connectivity index (χ0v) is 14.6. The Bertz CT molecular complexity index is 1260. The van der Waals surface area contributed by atoms with Gasteiger partial charge in [-0.25, -0.2) is 0 Å². The van der Waals surface area contributed by atoms with Gasteiger partial charge in [0.2, 0.25) is 0 Å². The largest absolute Gasteiger partial charge is 0.360 e. The fraction of sp³-hybridized carbons (Fsp3) is 0.0952. The molecule has 0 aliphatic carbocycles. The van der Waals surface area contributed by atoms with Crippen molar-refractivity contribution in [3.63, 3.8) is 0 Å². The van der Waals surface area contributed by atoms with Crippen molar-refractivity contribution in [3.05, 3.63) is 71.9 Å². The molecule has 0 bridgehead atoms. The minimum Gasteiger partial charge on any atom is -0.360 e. The van der Waals surface area contributed by atoms with Crippen LogP contribution >= 0.6 is 0 Å². The number of benzene rings is 3. The van der Waals surface area contributed by atoms with Gasteiger partial charge in [-0.3, -0.25) is 0 Å². The normalized spacial score (nSPS) is 11.5. The van der Waals surface area contributed by atoms with E-state index >= 15 is 0 Å². The van der Waals surface area contributed by atoms with E-state index in [1.807, 2.05) is 24.4 Å². The first-order valence-electron chi connectivity index (χ1n) is 8.57. The average Bonchev–Trinajstić information content (AvgIpc) is 3.27. The summed E-state index contributed by atoms with van der Waals surface area (Å²) < 4.78 is 1.80. The van der Waals surface area contributed by atoms with E-state index in [1.165, 1.54) is 16.5 Å². The zero-order chi connectivity index (χ0) is 17.7.